The van der Waals surface area contributed by atoms with Crippen molar-refractivity contribution in [3.05, 3.63) is 23.8 Å². The summed E-state index contributed by atoms with van der Waals surface area (Å²) in [6, 6.07) is 3.48. The lowest BCUT2D eigenvalue weighted by Crippen LogP contribution is -2.38. The van der Waals surface area contributed by atoms with E-state index in [0.717, 1.165) is 0 Å². The molecule has 0 saturated carbocycles. The zero-order valence-electron chi connectivity index (χ0n) is 16.6. The van der Waals surface area contributed by atoms with E-state index in [9.17, 15) is 14.4 Å². The molecule has 1 aromatic rings. The lowest BCUT2D eigenvalue weighted by molar-refractivity contribution is -0.119. The molecule has 0 heterocycles. The number of carbonyl (C=O) groups is 3. The average Bonchev–Trinajstić information content (AvgIpc) is 2.60. The molecule has 0 aliphatic heterocycles. The third-order valence-electron chi connectivity index (χ3n) is 3.28. The van der Waals surface area contributed by atoms with Gasteiger partial charge in [0.2, 0.25) is 5.91 Å². The first-order valence-electron chi connectivity index (χ1n) is 8.95. The predicted molar refractivity (Wildman–Crippen MR) is 101 cm³/mol. The zero-order valence-corrected chi connectivity index (χ0v) is 16.6. The standard InChI is InChI=1S/C19H28N2O7/c1-11(2)9-25-18(23)27-15-6-5-13(7-14(20)17(21)22)8-16(15)28-19(24)26-10-12(3)4/h5-6,8,11-12,14H,7,9-10,20H2,1-4H3,(H2,21,22)/t14-/m0/s1. The van der Waals surface area contributed by atoms with Crippen molar-refractivity contribution < 1.29 is 33.3 Å². The van der Waals surface area contributed by atoms with E-state index in [0.29, 0.717) is 5.56 Å². The minimum Gasteiger partial charge on any atom is -0.434 e. The van der Waals surface area contributed by atoms with Gasteiger partial charge < -0.3 is 30.4 Å². The molecule has 1 rings (SSSR count). The smallest absolute Gasteiger partial charge is 0.434 e. The highest BCUT2D eigenvalue weighted by atomic mass is 16.7. The predicted octanol–water partition coefficient (Wildman–Crippen LogP) is 2.38. The second-order valence-corrected chi connectivity index (χ2v) is 7.11. The number of ether oxygens (including phenoxy) is 4. The molecule has 0 aromatic heterocycles. The van der Waals surface area contributed by atoms with Gasteiger partial charge in [0.1, 0.15) is 0 Å². The number of nitrogens with two attached hydrogens (primary N) is 2. The summed E-state index contributed by atoms with van der Waals surface area (Å²) in [5.41, 5.74) is 11.4. The molecule has 0 saturated heterocycles. The Morgan fingerprint density at radius 2 is 1.39 bits per heavy atom. The van der Waals surface area contributed by atoms with Crippen LogP contribution in [0.3, 0.4) is 0 Å². The lowest BCUT2D eigenvalue weighted by atomic mass is 10.1. The Hall–Kier alpha value is -2.81. The van der Waals surface area contributed by atoms with Crippen LogP contribution in [0.1, 0.15) is 33.3 Å². The molecule has 0 spiro atoms. The van der Waals surface area contributed by atoms with Crippen molar-refractivity contribution in [3.63, 3.8) is 0 Å². The number of benzene rings is 1. The number of rotatable bonds is 9. The Morgan fingerprint density at radius 3 is 1.86 bits per heavy atom. The van der Waals surface area contributed by atoms with Crippen LogP contribution in [0.25, 0.3) is 0 Å². The number of hydrogen-bond donors (Lipinski definition) is 2. The number of carbonyl (C=O) groups excluding carboxylic acids is 3. The normalized spacial score (nSPS) is 11.8. The Labute approximate surface area is 164 Å². The van der Waals surface area contributed by atoms with Gasteiger partial charge in [0.15, 0.2) is 11.5 Å². The molecular weight excluding hydrogens is 368 g/mol. The quantitative estimate of drug-likeness (QED) is 0.479. The van der Waals surface area contributed by atoms with Crippen molar-refractivity contribution in [1.82, 2.24) is 0 Å². The van der Waals surface area contributed by atoms with E-state index in [1.165, 1.54) is 12.1 Å². The maximum Gasteiger partial charge on any atom is 0.513 e. The third kappa shape index (κ3) is 8.72. The number of primary amides is 1. The molecule has 1 aromatic carbocycles. The van der Waals surface area contributed by atoms with E-state index in [-0.39, 0.29) is 43.0 Å². The van der Waals surface area contributed by atoms with Gasteiger partial charge in [-0.2, -0.15) is 0 Å². The van der Waals surface area contributed by atoms with E-state index < -0.39 is 24.3 Å². The van der Waals surface area contributed by atoms with Crippen LogP contribution in [0.5, 0.6) is 11.5 Å². The molecule has 28 heavy (non-hydrogen) atoms. The van der Waals surface area contributed by atoms with Crippen LogP contribution < -0.4 is 20.9 Å². The van der Waals surface area contributed by atoms with Crippen molar-refractivity contribution in [2.75, 3.05) is 13.2 Å². The van der Waals surface area contributed by atoms with Gasteiger partial charge in [-0.25, -0.2) is 9.59 Å². The summed E-state index contributed by atoms with van der Waals surface area (Å²) in [7, 11) is 0. The fourth-order valence-corrected chi connectivity index (χ4v) is 1.91. The van der Waals surface area contributed by atoms with Crippen LogP contribution >= 0.6 is 0 Å². The largest absolute Gasteiger partial charge is 0.513 e. The Bertz CT molecular complexity index is 689. The SMILES string of the molecule is CC(C)COC(=O)Oc1ccc(C[C@H](N)C(N)=O)cc1OC(=O)OCC(C)C. The topological polar surface area (TPSA) is 140 Å². The molecule has 9 nitrogen and oxygen atoms in total. The number of amides is 1. The summed E-state index contributed by atoms with van der Waals surface area (Å²) in [5, 5.41) is 0. The molecule has 0 aliphatic carbocycles. The molecular formula is C19H28N2O7. The second kappa shape index (κ2) is 11.1. The Balaban J connectivity index is 2.96. The van der Waals surface area contributed by atoms with Crippen LogP contribution in [0.2, 0.25) is 0 Å². The molecule has 0 fully saturated rings. The highest BCUT2D eigenvalue weighted by molar-refractivity contribution is 5.80. The van der Waals surface area contributed by atoms with Gasteiger partial charge in [0.25, 0.3) is 0 Å². The van der Waals surface area contributed by atoms with E-state index in [4.69, 9.17) is 30.4 Å². The zero-order chi connectivity index (χ0) is 21.3. The first-order valence-corrected chi connectivity index (χ1v) is 8.95. The van der Waals surface area contributed by atoms with Gasteiger partial charge in [0, 0.05) is 0 Å². The van der Waals surface area contributed by atoms with Crippen molar-refractivity contribution in [1.29, 1.82) is 0 Å². The van der Waals surface area contributed by atoms with Crippen molar-refractivity contribution in [2.45, 2.75) is 40.2 Å². The van der Waals surface area contributed by atoms with Gasteiger partial charge in [0.05, 0.1) is 19.3 Å². The van der Waals surface area contributed by atoms with Gasteiger partial charge in [-0.15, -0.1) is 0 Å². The number of hydrogen-bond acceptors (Lipinski definition) is 8. The summed E-state index contributed by atoms with van der Waals surface area (Å²) in [6.07, 6.45) is -1.77. The van der Waals surface area contributed by atoms with E-state index in [2.05, 4.69) is 0 Å². The molecule has 0 unspecified atom stereocenters. The minimum absolute atomic E-state index is 0.0355. The van der Waals surface area contributed by atoms with Crippen molar-refractivity contribution in [3.8, 4) is 11.5 Å². The van der Waals surface area contributed by atoms with Gasteiger partial charge >= 0.3 is 12.3 Å². The minimum atomic E-state index is -0.953. The van der Waals surface area contributed by atoms with E-state index in [1.54, 1.807) is 6.07 Å². The van der Waals surface area contributed by atoms with Crippen LogP contribution in [0.15, 0.2) is 18.2 Å². The molecule has 156 valence electrons. The molecule has 0 radical (unpaired) electrons. The average molecular weight is 396 g/mol. The molecule has 0 aliphatic rings. The molecule has 9 heteroatoms. The van der Waals surface area contributed by atoms with Crippen LogP contribution in [0, 0.1) is 11.8 Å². The van der Waals surface area contributed by atoms with Crippen molar-refractivity contribution >= 4 is 18.2 Å². The maximum absolute atomic E-state index is 11.9. The van der Waals surface area contributed by atoms with Crippen LogP contribution in [-0.2, 0) is 20.7 Å². The van der Waals surface area contributed by atoms with Crippen molar-refractivity contribution in [2.24, 2.45) is 23.3 Å². The fourth-order valence-electron chi connectivity index (χ4n) is 1.91. The molecule has 1 amide bonds. The Kier molecular flexibility index (Phi) is 9.23. The second-order valence-electron chi connectivity index (χ2n) is 7.11. The highest BCUT2D eigenvalue weighted by Crippen LogP contribution is 2.30. The summed E-state index contributed by atoms with van der Waals surface area (Å²) in [5.74, 6) is -0.520. The van der Waals surface area contributed by atoms with Gasteiger partial charge in [-0.1, -0.05) is 33.8 Å². The molecule has 0 bridgehead atoms. The first kappa shape index (κ1) is 23.2. The van der Waals surface area contributed by atoms with Gasteiger partial charge in [-0.05, 0) is 36.0 Å². The molecule has 1 atom stereocenters. The summed E-state index contributed by atoms with van der Waals surface area (Å²) in [4.78, 5) is 34.9. The lowest BCUT2D eigenvalue weighted by Gasteiger charge is -2.14. The van der Waals surface area contributed by atoms with Gasteiger partial charge in [-0.3, -0.25) is 4.79 Å². The summed E-state index contributed by atoms with van der Waals surface area (Å²) in [6.45, 7) is 7.85. The maximum atomic E-state index is 11.9. The Morgan fingerprint density at radius 1 is 0.893 bits per heavy atom. The fraction of sp³-hybridized carbons (Fsp3) is 0.526. The molecule has 4 N–H and O–H groups in total. The first-order chi connectivity index (χ1) is 13.1. The van der Waals surface area contributed by atoms with Crippen LogP contribution in [-0.4, -0.2) is 37.5 Å². The highest BCUT2D eigenvalue weighted by Gasteiger charge is 2.18. The van der Waals surface area contributed by atoms with E-state index in [1.807, 2.05) is 27.7 Å². The monoisotopic (exact) mass is 396 g/mol. The third-order valence-corrected chi connectivity index (χ3v) is 3.28. The van der Waals surface area contributed by atoms with Crippen LogP contribution in [0.4, 0.5) is 9.59 Å². The summed E-state index contributed by atoms with van der Waals surface area (Å²) >= 11 is 0. The summed E-state index contributed by atoms with van der Waals surface area (Å²) < 4.78 is 20.2. The van der Waals surface area contributed by atoms with E-state index >= 15 is 0 Å².